The van der Waals surface area contributed by atoms with Gasteiger partial charge in [0.15, 0.2) is 0 Å². The minimum absolute atomic E-state index is 0.0799. The van der Waals surface area contributed by atoms with Crippen molar-refractivity contribution in [2.45, 2.75) is 18.9 Å². The van der Waals surface area contributed by atoms with Crippen LogP contribution in [0.15, 0.2) is 17.5 Å². The van der Waals surface area contributed by atoms with Crippen LogP contribution in [0.3, 0.4) is 0 Å². The van der Waals surface area contributed by atoms with Crippen molar-refractivity contribution in [2.24, 2.45) is 0 Å². The first kappa shape index (κ1) is 15.0. The van der Waals surface area contributed by atoms with Crippen LogP contribution in [0.25, 0.3) is 0 Å². The van der Waals surface area contributed by atoms with Gasteiger partial charge in [-0.05, 0) is 32.0 Å². The standard InChI is InChI=1S/C14H21N3O2S/c1-16(2)11(12-5-4-8-20-12)9-15-13(18)10-17-7-3-6-14(17)19/h4-5,8,11H,3,6-7,9-10H2,1-2H3,(H,15,18)/t11-/m0/s1. The predicted molar refractivity (Wildman–Crippen MR) is 79.6 cm³/mol. The fourth-order valence-electron chi connectivity index (χ4n) is 2.33. The van der Waals surface area contributed by atoms with Crippen molar-refractivity contribution < 1.29 is 9.59 Å². The fraction of sp³-hybridized carbons (Fsp3) is 0.571. The number of rotatable bonds is 6. The summed E-state index contributed by atoms with van der Waals surface area (Å²) < 4.78 is 0. The molecular weight excluding hydrogens is 274 g/mol. The van der Waals surface area contributed by atoms with Gasteiger partial charge >= 0.3 is 0 Å². The first-order valence-corrected chi connectivity index (χ1v) is 7.70. The molecule has 1 aromatic heterocycles. The number of nitrogens with one attached hydrogen (secondary N) is 1. The van der Waals surface area contributed by atoms with Crippen molar-refractivity contribution in [3.05, 3.63) is 22.4 Å². The topological polar surface area (TPSA) is 52.7 Å². The van der Waals surface area contributed by atoms with Crippen LogP contribution in [0.5, 0.6) is 0 Å². The Kier molecular flexibility index (Phi) is 5.14. The minimum atomic E-state index is -0.0799. The molecular formula is C14H21N3O2S. The van der Waals surface area contributed by atoms with E-state index in [0.717, 1.165) is 6.42 Å². The Morgan fingerprint density at radius 1 is 1.55 bits per heavy atom. The molecule has 20 heavy (non-hydrogen) atoms. The van der Waals surface area contributed by atoms with Crippen LogP contribution >= 0.6 is 11.3 Å². The summed E-state index contributed by atoms with van der Waals surface area (Å²) in [6.07, 6.45) is 1.43. The van der Waals surface area contributed by atoms with Crippen molar-refractivity contribution >= 4 is 23.2 Å². The summed E-state index contributed by atoms with van der Waals surface area (Å²) in [7, 11) is 4.00. The quantitative estimate of drug-likeness (QED) is 0.855. The molecule has 2 rings (SSSR count). The van der Waals surface area contributed by atoms with Crippen LogP contribution in [-0.2, 0) is 9.59 Å². The van der Waals surface area contributed by atoms with Crippen molar-refractivity contribution in [1.82, 2.24) is 15.1 Å². The maximum absolute atomic E-state index is 11.9. The van der Waals surface area contributed by atoms with Crippen molar-refractivity contribution in [2.75, 3.05) is 33.7 Å². The number of thiophene rings is 1. The first-order chi connectivity index (χ1) is 9.58. The summed E-state index contributed by atoms with van der Waals surface area (Å²) >= 11 is 1.69. The third-order valence-electron chi connectivity index (χ3n) is 3.49. The summed E-state index contributed by atoms with van der Waals surface area (Å²) in [5.74, 6) is 0.00576. The second-order valence-electron chi connectivity index (χ2n) is 5.22. The summed E-state index contributed by atoms with van der Waals surface area (Å²) in [5.41, 5.74) is 0. The molecule has 2 heterocycles. The second kappa shape index (κ2) is 6.85. The lowest BCUT2D eigenvalue weighted by molar-refractivity contribution is -0.133. The van der Waals surface area contributed by atoms with Gasteiger partial charge in [-0.2, -0.15) is 0 Å². The zero-order valence-electron chi connectivity index (χ0n) is 12.0. The van der Waals surface area contributed by atoms with E-state index in [1.165, 1.54) is 4.88 Å². The lowest BCUT2D eigenvalue weighted by Crippen LogP contribution is -2.41. The van der Waals surface area contributed by atoms with Gasteiger partial charge in [0.25, 0.3) is 0 Å². The Hall–Kier alpha value is -1.40. The average Bonchev–Trinajstić information content (AvgIpc) is 3.02. The summed E-state index contributed by atoms with van der Waals surface area (Å²) in [6, 6.07) is 4.26. The van der Waals surface area contributed by atoms with E-state index in [9.17, 15) is 9.59 Å². The summed E-state index contributed by atoms with van der Waals surface area (Å²) in [5, 5.41) is 4.97. The van der Waals surface area contributed by atoms with E-state index in [0.29, 0.717) is 19.5 Å². The Morgan fingerprint density at radius 2 is 2.35 bits per heavy atom. The van der Waals surface area contributed by atoms with Crippen LogP contribution in [0.4, 0.5) is 0 Å². The van der Waals surface area contributed by atoms with Gasteiger partial charge < -0.3 is 15.1 Å². The highest BCUT2D eigenvalue weighted by Crippen LogP contribution is 2.22. The molecule has 0 aliphatic carbocycles. The SMILES string of the molecule is CN(C)[C@@H](CNC(=O)CN1CCCC1=O)c1cccs1. The number of amides is 2. The molecule has 0 radical (unpaired) electrons. The Morgan fingerprint density at radius 3 is 2.90 bits per heavy atom. The maximum atomic E-state index is 11.9. The molecule has 1 fully saturated rings. The number of carbonyl (C=O) groups excluding carboxylic acids is 2. The molecule has 1 aliphatic heterocycles. The molecule has 1 aliphatic rings. The van der Waals surface area contributed by atoms with Crippen LogP contribution in [0.2, 0.25) is 0 Å². The largest absolute Gasteiger partial charge is 0.353 e. The molecule has 2 amide bonds. The molecule has 0 bridgehead atoms. The lowest BCUT2D eigenvalue weighted by Gasteiger charge is -2.24. The third-order valence-corrected chi connectivity index (χ3v) is 4.47. The number of nitrogens with zero attached hydrogens (tertiary/aromatic N) is 2. The van der Waals surface area contributed by atoms with E-state index in [2.05, 4.69) is 16.3 Å². The molecule has 6 heteroatoms. The molecule has 0 aromatic carbocycles. The molecule has 1 aromatic rings. The lowest BCUT2D eigenvalue weighted by atomic mass is 10.2. The van der Waals surface area contributed by atoms with E-state index in [4.69, 9.17) is 0 Å². The molecule has 1 atom stereocenters. The minimum Gasteiger partial charge on any atom is -0.353 e. The van der Waals surface area contributed by atoms with Gasteiger partial charge in [-0.1, -0.05) is 6.07 Å². The second-order valence-corrected chi connectivity index (χ2v) is 6.20. The van der Waals surface area contributed by atoms with E-state index < -0.39 is 0 Å². The van der Waals surface area contributed by atoms with E-state index in [1.807, 2.05) is 25.5 Å². The number of hydrogen-bond donors (Lipinski definition) is 1. The van der Waals surface area contributed by atoms with E-state index in [-0.39, 0.29) is 24.4 Å². The smallest absolute Gasteiger partial charge is 0.239 e. The first-order valence-electron chi connectivity index (χ1n) is 6.82. The Labute approximate surface area is 123 Å². The van der Waals surface area contributed by atoms with Crippen molar-refractivity contribution in [3.8, 4) is 0 Å². The van der Waals surface area contributed by atoms with Gasteiger partial charge in [0.2, 0.25) is 11.8 Å². The highest BCUT2D eigenvalue weighted by atomic mass is 32.1. The summed E-state index contributed by atoms with van der Waals surface area (Å²) in [4.78, 5) is 28.4. The average molecular weight is 295 g/mol. The van der Waals surface area contributed by atoms with Gasteiger partial charge in [-0.15, -0.1) is 11.3 Å². The van der Waals surface area contributed by atoms with Crippen LogP contribution in [0.1, 0.15) is 23.8 Å². The zero-order valence-corrected chi connectivity index (χ0v) is 12.8. The van der Waals surface area contributed by atoms with E-state index in [1.54, 1.807) is 16.2 Å². The molecule has 0 spiro atoms. The molecule has 1 N–H and O–H groups in total. The van der Waals surface area contributed by atoms with Gasteiger partial charge in [0.05, 0.1) is 12.6 Å². The number of carbonyl (C=O) groups is 2. The highest BCUT2D eigenvalue weighted by Gasteiger charge is 2.23. The fourth-order valence-corrected chi connectivity index (χ4v) is 3.25. The molecule has 0 unspecified atom stereocenters. The molecule has 0 saturated carbocycles. The van der Waals surface area contributed by atoms with Gasteiger partial charge in [0.1, 0.15) is 0 Å². The molecule has 1 saturated heterocycles. The van der Waals surface area contributed by atoms with Gasteiger partial charge in [0, 0.05) is 24.4 Å². The predicted octanol–water partition coefficient (Wildman–Crippen LogP) is 1.09. The Balaban J connectivity index is 1.83. The number of hydrogen-bond acceptors (Lipinski definition) is 4. The maximum Gasteiger partial charge on any atom is 0.239 e. The van der Waals surface area contributed by atoms with Crippen LogP contribution in [-0.4, -0.2) is 55.3 Å². The zero-order chi connectivity index (χ0) is 14.5. The monoisotopic (exact) mass is 295 g/mol. The van der Waals surface area contributed by atoms with Crippen molar-refractivity contribution in [1.29, 1.82) is 0 Å². The Bertz CT molecular complexity index is 459. The van der Waals surface area contributed by atoms with Gasteiger partial charge in [-0.25, -0.2) is 0 Å². The third kappa shape index (κ3) is 3.80. The number of likely N-dealkylation sites (N-methyl/N-ethyl adjacent to an activating group) is 1. The van der Waals surface area contributed by atoms with Crippen LogP contribution < -0.4 is 5.32 Å². The van der Waals surface area contributed by atoms with E-state index >= 15 is 0 Å². The van der Waals surface area contributed by atoms with Crippen LogP contribution in [0, 0.1) is 0 Å². The summed E-state index contributed by atoms with van der Waals surface area (Å²) in [6.45, 7) is 1.45. The highest BCUT2D eigenvalue weighted by molar-refractivity contribution is 7.10. The number of likely N-dealkylation sites (tertiary alicyclic amines) is 1. The molecule has 110 valence electrons. The van der Waals surface area contributed by atoms with Crippen molar-refractivity contribution in [3.63, 3.8) is 0 Å². The molecule has 5 nitrogen and oxygen atoms in total. The normalized spacial score (nSPS) is 16.8. The van der Waals surface area contributed by atoms with Gasteiger partial charge in [-0.3, -0.25) is 9.59 Å².